The molecule has 1 aromatic carbocycles. The summed E-state index contributed by atoms with van der Waals surface area (Å²) in [5.41, 5.74) is 1.12. The first-order valence-corrected chi connectivity index (χ1v) is 5.74. The van der Waals surface area contributed by atoms with Gasteiger partial charge in [0.05, 0.1) is 0 Å². The second kappa shape index (κ2) is 7.01. The lowest BCUT2D eigenvalue weighted by Crippen LogP contribution is -2.36. The number of rotatable bonds is 7. The number of carboxylic acids is 1. The van der Waals surface area contributed by atoms with E-state index in [1.54, 1.807) is 0 Å². The molecule has 16 heavy (non-hydrogen) atoms. The molecular formula is C13H19NO2. The smallest absolute Gasteiger partial charge is 0.320 e. The van der Waals surface area contributed by atoms with Gasteiger partial charge >= 0.3 is 5.97 Å². The molecule has 0 saturated carbocycles. The largest absolute Gasteiger partial charge is 0.480 e. The van der Waals surface area contributed by atoms with E-state index in [9.17, 15) is 4.79 Å². The van der Waals surface area contributed by atoms with Crippen molar-refractivity contribution in [1.82, 2.24) is 5.32 Å². The predicted molar refractivity (Wildman–Crippen MR) is 64.2 cm³/mol. The second-order valence-electron chi connectivity index (χ2n) is 3.90. The van der Waals surface area contributed by atoms with Crippen molar-refractivity contribution in [2.24, 2.45) is 0 Å². The molecule has 0 aromatic heterocycles. The van der Waals surface area contributed by atoms with Crippen molar-refractivity contribution in [2.45, 2.75) is 38.8 Å². The normalized spacial score (nSPS) is 12.3. The van der Waals surface area contributed by atoms with Crippen LogP contribution in [0.4, 0.5) is 0 Å². The summed E-state index contributed by atoms with van der Waals surface area (Å²) in [6.45, 7) is 2.68. The van der Waals surface area contributed by atoms with Crippen LogP contribution in [0.3, 0.4) is 0 Å². The van der Waals surface area contributed by atoms with Gasteiger partial charge in [-0.25, -0.2) is 0 Å². The fourth-order valence-corrected chi connectivity index (χ4v) is 1.56. The number of aliphatic carboxylic acids is 1. The van der Waals surface area contributed by atoms with E-state index in [-0.39, 0.29) is 0 Å². The van der Waals surface area contributed by atoms with Gasteiger partial charge in [-0.3, -0.25) is 4.79 Å². The van der Waals surface area contributed by atoms with Crippen molar-refractivity contribution in [1.29, 1.82) is 0 Å². The average Bonchev–Trinajstić information content (AvgIpc) is 2.30. The van der Waals surface area contributed by atoms with Gasteiger partial charge in [-0.05, 0) is 12.0 Å². The minimum absolute atomic E-state index is 0.430. The van der Waals surface area contributed by atoms with Gasteiger partial charge in [-0.1, -0.05) is 50.1 Å². The van der Waals surface area contributed by atoms with Crippen molar-refractivity contribution in [2.75, 3.05) is 0 Å². The maximum Gasteiger partial charge on any atom is 0.320 e. The van der Waals surface area contributed by atoms with Crippen molar-refractivity contribution >= 4 is 5.97 Å². The van der Waals surface area contributed by atoms with E-state index in [1.165, 1.54) is 0 Å². The van der Waals surface area contributed by atoms with Gasteiger partial charge in [0.15, 0.2) is 0 Å². The van der Waals surface area contributed by atoms with E-state index in [1.807, 2.05) is 30.3 Å². The number of carbonyl (C=O) groups is 1. The number of benzene rings is 1. The zero-order chi connectivity index (χ0) is 11.8. The lowest BCUT2D eigenvalue weighted by molar-refractivity contribution is -0.139. The third kappa shape index (κ3) is 4.45. The van der Waals surface area contributed by atoms with Crippen LogP contribution in [0.5, 0.6) is 0 Å². The van der Waals surface area contributed by atoms with Crippen LogP contribution in [-0.4, -0.2) is 17.1 Å². The molecule has 2 N–H and O–H groups in total. The number of hydrogen-bond acceptors (Lipinski definition) is 2. The fraction of sp³-hybridized carbons (Fsp3) is 0.462. The summed E-state index contributed by atoms with van der Waals surface area (Å²) in [4.78, 5) is 11.0. The summed E-state index contributed by atoms with van der Waals surface area (Å²) in [5, 5.41) is 12.1. The van der Waals surface area contributed by atoms with Gasteiger partial charge in [0.2, 0.25) is 0 Å². The average molecular weight is 221 g/mol. The van der Waals surface area contributed by atoms with E-state index in [4.69, 9.17) is 5.11 Å². The van der Waals surface area contributed by atoms with Crippen molar-refractivity contribution in [3.05, 3.63) is 35.9 Å². The lowest BCUT2D eigenvalue weighted by Gasteiger charge is -2.13. The van der Waals surface area contributed by atoms with Crippen molar-refractivity contribution < 1.29 is 9.90 Å². The molecule has 1 aromatic rings. The minimum atomic E-state index is -0.760. The van der Waals surface area contributed by atoms with E-state index in [0.717, 1.165) is 18.4 Å². The number of unbranched alkanes of at least 4 members (excludes halogenated alkanes) is 1. The Hall–Kier alpha value is -1.35. The zero-order valence-electron chi connectivity index (χ0n) is 9.65. The van der Waals surface area contributed by atoms with E-state index in [2.05, 4.69) is 12.2 Å². The minimum Gasteiger partial charge on any atom is -0.480 e. The summed E-state index contributed by atoms with van der Waals surface area (Å²) in [6.07, 6.45) is 2.66. The summed E-state index contributed by atoms with van der Waals surface area (Å²) < 4.78 is 0. The molecule has 0 aliphatic rings. The molecule has 1 atom stereocenters. The SMILES string of the molecule is CCCC[C@H](NCc1ccccc1)C(=O)O. The zero-order valence-corrected chi connectivity index (χ0v) is 9.65. The van der Waals surface area contributed by atoms with Crippen molar-refractivity contribution in [3.8, 4) is 0 Å². The molecule has 0 heterocycles. The maximum absolute atomic E-state index is 11.0. The Kier molecular flexibility index (Phi) is 5.57. The number of nitrogens with one attached hydrogen (secondary N) is 1. The maximum atomic E-state index is 11.0. The molecule has 0 aliphatic heterocycles. The van der Waals surface area contributed by atoms with Gasteiger partial charge in [0.25, 0.3) is 0 Å². The highest BCUT2D eigenvalue weighted by molar-refractivity contribution is 5.73. The molecule has 1 rings (SSSR count). The topological polar surface area (TPSA) is 49.3 Å². The molecule has 0 saturated heterocycles. The summed E-state index contributed by atoms with van der Waals surface area (Å²) >= 11 is 0. The molecule has 0 radical (unpaired) electrons. The van der Waals surface area contributed by atoms with Gasteiger partial charge in [-0.15, -0.1) is 0 Å². The van der Waals surface area contributed by atoms with Crippen LogP contribution in [0, 0.1) is 0 Å². The lowest BCUT2D eigenvalue weighted by atomic mass is 10.1. The first-order valence-electron chi connectivity index (χ1n) is 5.74. The van der Waals surface area contributed by atoms with Gasteiger partial charge in [0.1, 0.15) is 6.04 Å². The predicted octanol–water partition coefficient (Wildman–Crippen LogP) is 2.42. The Morgan fingerprint density at radius 1 is 1.38 bits per heavy atom. The quantitative estimate of drug-likeness (QED) is 0.743. The first-order chi connectivity index (χ1) is 7.74. The number of carboxylic acid groups (broad SMARTS) is 1. The van der Waals surface area contributed by atoms with Crippen molar-refractivity contribution in [3.63, 3.8) is 0 Å². The molecule has 3 nitrogen and oxygen atoms in total. The third-order valence-electron chi connectivity index (χ3n) is 2.54. The van der Waals surface area contributed by atoms with Crippen LogP contribution >= 0.6 is 0 Å². The number of hydrogen-bond donors (Lipinski definition) is 2. The summed E-state index contributed by atoms with van der Waals surface area (Å²) in [6, 6.07) is 9.42. The molecule has 0 amide bonds. The molecule has 0 aliphatic carbocycles. The third-order valence-corrected chi connectivity index (χ3v) is 2.54. The van der Waals surface area contributed by atoms with Crippen LogP contribution in [0.15, 0.2) is 30.3 Å². The molecule has 0 unspecified atom stereocenters. The van der Waals surface area contributed by atoms with Gasteiger partial charge < -0.3 is 10.4 Å². The Balaban J connectivity index is 2.41. The van der Waals surface area contributed by atoms with Crippen LogP contribution in [0.2, 0.25) is 0 Å². The first kappa shape index (κ1) is 12.7. The van der Waals surface area contributed by atoms with Crippen LogP contribution in [0.25, 0.3) is 0 Å². The molecule has 88 valence electrons. The Morgan fingerprint density at radius 2 is 2.06 bits per heavy atom. The Labute approximate surface area is 96.5 Å². The molecule has 3 heteroatoms. The Morgan fingerprint density at radius 3 is 2.62 bits per heavy atom. The van der Waals surface area contributed by atoms with Gasteiger partial charge in [0, 0.05) is 6.54 Å². The Bertz CT molecular complexity index is 311. The molecule has 0 fully saturated rings. The van der Waals surface area contributed by atoms with Crippen LogP contribution in [0.1, 0.15) is 31.7 Å². The molecule has 0 bridgehead atoms. The fourth-order valence-electron chi connectivity index (χ4n) is 1.56. The standard InChI is InChI=1S/C13H19NO2/c1-2-3-9-12(13(15)16)14-10-11-7-5-4-6-8-11/h4-8,12,14H,2-3,9-10H2,1H3,(H,15,16)/t12-/m0/s1. The highest BCUT2D eigenvalue weighted by Crippen LogP contribution is 2.03. The van der Waals surface area contributed by atoms with Gasteiger partial charge in [-0.2, -0.15) is 0 Å². The summed E-state index contributed by atoms with van der Waals surface area (Å²) in [7, 11) is 0. The highest BCUT2D eigenvalue weighted by Gasteiger charge is 2.15. The van der Waals surface area contributed by atoms with Crippen LogP contribution in [-0.2, 0) is 11.3 Å². The molecule has 0 spiro atoms. The second-order valence-corrected chi connectivity index (χ2v) is 3.90. The molecular weight excluding hydrogens is 202 g/mol. The highest BCUT2D eigenvalue weighted by atomic mass is 16.4. The monoisotopic (exact) mass is 221 g/mol. The van der Waals surface area contributed by atoms with Crippen LogP contribution < -0.4 is 5.32 Å². The van der Waals surface area contributed by atoms with E-state index < -0.39 is 12.0 Å². The summed E-state index contributed by atoms with van der Waals surface area (Å²) in [5.74, 6) is -0.760. The van der Waals surface area contributed by atoms with E-state index >= 15 is 0 Å². The van der Waals surface area contributed by atoms with E-state index in [0.29, 0.717) is 13.0 Å².